The van der Waals surface area contributed by atoms with Crippen LogP contribution in [0, 0.1) is 17.0 Å². The van der Waals surface area contributed by atoms with E-state index < -0.39 is 10.8 Å². The number of carbonyl (C=O) groups excluding carboxylic acids is 1. The van der Waals surface area contributed by atoms with Crippen molar-refractivity contribution < 1.29 is 14.8 Å². The lowest BCUT2D eigenvalue weighted by Crippen LogP contribution is -2.12. The third kappa shape index (κ3) is 2.92. The fourth-order valence-corrected chi connectivity index (χ4v) is 1.74. The molecular formula is C14H12N2O4. The number of nitrogens with one attached hydrogen (secondary N) is 1. The number of nitro groups is 1. The molecule has 0 aromatic heterocycles. The number of phenolic OH excluding ortho intramolecular Hbond substituents is 1. The number of non-ortho nitro benzene ring substituents is 1. The third-order valence-electron chi connectivity index (χ3n) is 2.78. The average Bonchev–Trinajstić information content (AvgIpc) is 2.42. The number of nitro benzene ring substituents is 1. The molecular weight excluding hydrogens is 260 g/mol. The summed E-state index contributed by atoms with van der Waals surface area (Å²) in [5, 5.41) is 22.6. The van der Waals surface area contributed by atoms with Crippen molar-refractivity contribution in [3.8, 4) is 5.75 Å². The zero-order valence-electron chi connectivity index (χ0n) is 10.7. The summed E-state index contributed by atoms with van der Waals surface area (Å²) in [4.78, 5) is 22.1. The van der Waals surface area contributed by atoms with E-state index in [1.54, 1.807) is 13.0 Å². The lowest BCUT2D eigenvalue weighted by Gasteiger charge is -2.08. The molecule has 6 heteroatoms. The SMILES string of the molecule is Cc1cc(O)ccc1NC(=O)c1cccc([N+](=O)[O-])c1. The largest absolute Gasteiger partial charge is 0.508 e. The van der Waals surface area contributed by atoms with Crippen molar-refractivity contribution >= 4 is 17.3 Å². The molecule has 102 valence electrons. The smallest absolute Gasteiger partial charge is 0.270 e. The molecule has 2 N–H and O–H groups in total. The topological polar surface area (TPSA) is 92.5 Å². The molecule has 0 atom stereocenters. The summed E-state index contributed by atoms with van der Waals surface area (Å²) in [7, 11) is 0. The molecule has 0 bridgehead atoms. The molecule has 0 saturated heterocycles. The maximum atomic E-state index is 12.0. The van der Waals surface area contributed by atoms with Crippen LogP contribution in [-0.2, 0) is 0 Å². The Morgan fingerprint density at radius 3 is 2.65 bits per heavy atom. The summed E-state index contributed by atoms with van der Waals surface area (Å²) < 4.78 is 0. The quantitative estimate of drug-likeness (QED) is 0.510. The molecule has 0 spiro atoms. The van der Waals surface area contributed by atoms with Crippen LogP contribution in [0.25, 0.3) is 0 Å². The minimum absolute atomic E-state index is 0.107. The van der Waals surface area contributed by atoms with Gasteiger partial charge < -0.3 is 10.4 Å². The van der Waals surface area contributed by atoms with Gasteiger partial charge in [-0.25, -0.2) is 0 Å². The minimum Gasteiger partial charge on any atom is -0.508 e. The molecule has 2 aromatic carbocycles. The van der Waals surface area contributed by atoms with Crippen molar-refractivity contribution in [1.29, 1.82) is 0 Å². The first-order chi connectivity index (χ1) is 9.47. The monoisotopic (exact) mass is 272 g/mol. The van der Waals surface area contributed by atoms with Gasteiger partial charge in [0.25, 0.3) is 11.6 Å². The molecule has 2 rings (SSSR count). The first-order valence-corrected chi connectivity index (χ1v) is 5.83. The standard InChI is InChI=1S/C14H12N2O4/c1-9-7-12(17)5-6-13(9)15-14(18)10-3-2-4-11(8-10)16(19)20/h2-8,17H,1H3,(H,15,18). The van der Waals surface area contributed by atoms with Gasteiger partial charge in [-0.15, -0.1) is 0 Å². The summed E-state index contributed by atoms with van der Waals surface area (Å²) in [6.07, 6.45) is 0. The van der Waals surface area contributed by atoms with Gasteiger partial charge in [0.2, 0.25) is 0 Å². The van der Waals surface area contributed by atoms with Gasteiger partial charge in [-0.05, 0) is 36.8 Å². The number of amides is 1. The second-order valence-corrected chi connectivity index (χ2v) is 4.26. The Balaban J connectivity index is 2.24. The molecule has 0 fully saturated rings. The van der Waals surface area contributed by atoms with E-state index in [0.29, 0.717) is 11.3 Å². The maximum Gasteiger partial charge on any atom is 0.270 e. The van der Waals surface area contributed by atoms with Gasteiger partial charge in [-0.1, -0.05) is 6.07 Å². The highest BCUT2D eigenvalue weighted by molar-refractivity contribution is 6.05. The number of hydrogen-bond donors (Lipinski definition) is 2. The molecule has 0 aliphatic rings. The molecule has 2 aromatic rings. The predicted octanol–water partition coefficient (Wildman–Crippen LogP) is 2.86. The highest BCUT2D eigenvalue weighted by Crippen LogP contribution is 2.21. The number of benzene rings is 2. The van der Waals surface area contributed by atoms with Crippen molar-refractivity contribution in [3.63, 3.8) is 0 Å². The van der Waals surface area contributed by atoms with Crippen LogP contribution in [-0.4, -0.2) is 15.9 Å². The molecule has 0 radical (unpaired) electrons. The fraction of sp³-hybridized carbons (Fsp3) is 0.0714. The second-order valence-electron chi connectivity index (χ2n) is 4.26. The summed E-state index contributed by atoms with van der Waals surface area (Å²) in [5.74, 6) is -0.335. The van der Waals surface area contributed by atoms with Crippen molar-refractivity contribution in [2.75, 3.05) is 5.32 Å². The Kier molecular flexibility index (Phi) is 3.65. The first kappa shape index (κ1) is 13.5. The molecule has 20 heavy (non-hydrogen) atoms. The lowest BCUT2D eigenvalue weighted by molar-refractivity contribution is -0.384. The molecule has 0 unspecified atom stereocenters. The van der Waals surface area contributed by atoms with Crippen molar-refractivity contribution in [1.82, 2.24) is 0 Å². The summed E-state index contributed by atoms with van der Waals surface area (Å²) in [6, 6.07) is 10.0. The highest BCUT2D eigenvalue weighted by atomic mass is 16.6. The van der Waals surface area contributed by atoms with Crippen LogP contribution >= 0.6 is 0 Å². The number of aryl methyl sites for hydroxylation is 1. The lowest BCUT2D eigenvalue weighted by atomic mass is 10.1. The van der Waals surface area contributed by atoms with E-state index >= 15 is 0 Å². The Bertz CT molecular complexity index is 683. The highest BCUT2D eigenvalue weighted by Gasteiger charge is 2.12. The Morgan fingerprint density at radius 1 is 1.25 bits per heavy atom. The zero-order chi connectivity index (χ0) is 14.7. The van der Waals surface area contributed by atoms with Crippen molar-refractivity contribution in [2.45, 2.75) is 6.92 Å². The summed E-state index contributed by atoms with van der Waals surface area (Å²) >= 11 is 0. The van der Waals surface area contributed by atoms with Crippen LogP contribution in [0.3, 0.4) is 0 Å². The van der Waals surface area contributed by atoms with E-state index in [0.717, 1.165) is 0 Å². The Morgan fingerprint density at radius 2 is 2.00 bits per heavy atom. The first-order valence-electron chi connectivity index (χ1n) is 5.83. The molecule has 0 heterocycles. The molecule has 0 aliphatic heterocycles. The van der Waals surface area contributed by atoms with Crippen LogP contribution in [0.1, 0.15) is 15.9 Å². The zero-order valence-corrected chi connectivity index (χ0v) is 10.7. The van der Waals surface area contributed by atoms with Crippen LogP contribution in [0.5, 0.6) is 5.75 Å². The molecule has 0 aliphatic carbocycles. The van der Waals surface area contributed by atoms with Crippen molar-refractivity contribution in [3.05, 3.63) is 63.7 Å². The van der Waals surface area contributed by atoms with Crippen LogP contribution in [0.15, 0.2) is 42.5 Å². The van der Waals surface area contributed by atoms with E-state index in [-0.39, 0.29) is 17.0 Å². The van der Waals surface area contributed by atoms with Gasteiger partial charge >= 0.3 is 0 Å². The van der Waals surface area contributed by atoms with Gasteiger partial charge in [-0.3, -0.25) is 14.9 Å². The minimum atomic E-state index is -0.553. The molecule has 0 saturated carbocycles. The number of aromatic hydroxyl groups is 1. The number of hydrogen-bond acceptors (Lipinski definition) is 4. The number of rotatable bonds is 3. The normalized spacial score (nSPS) is 10.1. The van der Waals surface area contributed by atoms with Crippen molar-refractivity contribution in [2.24, 2.45) is 0 Å². The predicted molar refractivity (Wildman–Crippen MR) is 73.9 cm³/mol. The number of carbonyl (C=O) groups is 1. The van der Waals surface area contributed by atoms with E-state index in [9.17, 15) is 20.0 Å². The number of anilines is 1. The molecule has 6 nitrogen and oxygen atoms in total. The third-order valence-corrected chi connectivity index (χ3v) is 2.78. The average molecular weight is 272 g/mol. The van der Waals surface area contributed by atoms with Crippen LogP contribution < -0.4 is 5.32 Å². The van der Waals surface area contributed by atoms with Crippen LogP contribution in [0.4, 0.5) is 11.4 Å². The number of phenols is 1. The van der Waals surface area contributed by atoms with E-state index in [1.807, 2.05) is 0 Å². The summed E-state index contributed by atoms with van der Waals surface area (Å²) in [5.41, 5.74) is 1.30. The van der Waals surface area contributed by atoms with Gasteiger partial charge in [-0.2, -0.15) is 0 Å². The molecule has 1 amide bonds. The Hall–Kier alpha value is -2.89. The van der Waals surface area contributed by atoms with Gasteiger partial charge in [0, 0.05) is 23.4 Å². The van der Waals surface area contributed by atoms with Gasteiger partial charge in [0.1, 0.15) is 5.75 Å². The fourth-order valence-electron chi connectivity index (χ4n) is 1.74. The summed E-state index contributed by atoms with van der Waals surface area (Å²) in [6.45, 7) is 1.74. The van der Waals surface area contributed by atoms with Crippen LogP contribution in [0.2, 0.25) is 0 Å². The number of nitrogens with zero attached hydrogens (tertiary/aromatic N) is 1. The van der Waals surface area contributed by atoms with E-state index in [2.05, 4.69) is 5.32 Å². The maximum absolute atomic E-state index is 12.0. The second kappa shape index (κ2) is 5.40. The van der Waals surface area contributed by atoms with E-state index in [1.165, 1.54) is 36.4 Å². The van der Waals surface area contributed by atoms with Gasteiger partial charge in [0.05, 0.1) is 4.92 Å². The Labute approximate surface area is 114 Å². The van der Waals surface area contributed by atoms with Gasteiger partial charge in [0.15, 0.2) is 0 Å². The van der Waals surface area contributed by atoms with E-state index in [4.69, 9.17) is 0 Å².